The highest BCUT2D eigenvalue weighted by molar-refractivity contribution is 7.89. The molecular weight excluding hydrogens is 352 g/mol. The summed E-state index contributed by atoms with van der Waals surface area (Å²) >= 11 is 0. The molecule has 1 aliphatic rings. The Hall–Kier alpha value is -1.74. The zero-order valence-corrected chi connectivity index (χ0v) is 14.9. The number of hydrogen-bond donors (Lipinski definition) is 2. The summed E-state index contributed by atoms with van der Waals surface area (Å²) in [6.45, 7) is 2.18. The fourth-order valence-corrected chi connectivity index (χ4v) is 3.91. The summed E-state index contributed by atoms with van der Waals surface area (Å²) in [7, 11) is -3.55. The molecule has 0 saturated carbocycles. The monoisotopic (exact) mass is 375 g/mol. The van der Waals surface area contributed by atoms with E-state index in [0.29, 0.717) is 25.9 Å². The number of carbonyl (C=O) groups is 1. The molecule has 140 valence electrons. The summed E-state index contributed by atoms with van der Waals surface area (Å²) in [6, 6.07) is 4.80. The second kappa shape index (κ2) is 8.57. The second-order valence-corrected chi connectivity index (χ2v) is 7.68. The summed E-state index contributed by atoms with van der Waals surface area (Å²) in [5, 5.41) is 2.18. The summed E-state index contributed by atoms with van der Waals surface area (Å²) in [5.41, 5.74) is 1.61. The predicted molar refractivity (Wildman–Crippen MR) is 91.5 cm³/mol. The molecule has 1 heterocycles. The lowest BCUT2D eigenvalue weighted by molar-refractivity contribution is -0.120. The van der Waals surface area contributed by atoms with Crippen LogP contribution >= 0.6 is 0 Å². The Morgan fingerprint density at radius 1 is 1.36 bits per heavy atom. The molecule has 1 aromatic carbocycles. The van der Waals surface area contributed by atoms with E-state index in [2.05, 4.69) is 10.0 Å². The molecule has 0 radical (unpaired) electrons. The van der Waals surface area contributed by atoms with E-state index in [1.54, 1.807) is 17.0 Å². The van der Waals surface area contributed by atoms with Crippen LogP contribution in [0.3, 0.4) is 0 Å². The lowest BCUT2D eigenvalue weighted by atomic mass is 10.0. The van der Waals surface area contributed by atoms with Crippen LogP contribution in [0.25, 0.3) is 0 Å². The molecular formula is C16H23F2N3O3S. The first-order valence-corrected chi connectivity index (χ1v) is 9.74. The molecule has 0 atom stereocenters. The standard InChI is InChI=1S/C16H23F2N3O3S/c1-2-7-20-25(23,24)13-5-6-14-12(9-13)4-3-8-21(14)11-16(22)19-10-15(17)18/h5-6,9,15,20H,2-4,7-8,10-11H2,1H3,(H,19,22). The van der Waals surface area contributed by atoms with Gasteiger partial charge in [0.1, 0.15) is 0 Å². The Kier molecular flexibility index (Phi) is 6.71. The van der Waals surface area contributed by atoms with Crippen molar-refractivity contribution in [3.8, 4) is 0 Å². The maximum absolute atomic E-state index is 12.2. The zero-order valence-electron chi connectivity index (χ0n) is 14.1. The van der Waals surface area contributed by atoms with Gasteiger partial charge in [0.25, 0.3) is 6.43 Å². The van der Waals surface area contributed by atoms with E-state index >= 15 is 0 Å². The number of hydrogen-bond acceptors (Lipinski definition) is 4. The van der Waals surface area contributed by atoms with Crippen molar-refractivity contribution in [1.82, 2.24) is 10.0 Å². The first-order chi connectivity index (χ1) is 11.8. The van der Waals surface area contributed by atoms with E-state index < -0.39 is 28.9 Å². The van der Waals surface area contributed by atoms with Crippen LogP contribution in [0.15, 0.2) is 23.1 Å². The van der Waals surface area contributed by atoms with E-state index in [9.17, 15) is 22.0 Å². The highest BCUT2D eigenvalue weighted by atomic mass is 32.2. The van der Waals surface area contributed by atoms with Crippen LogP contribution in [-0.4, -0.2) is 46.9 Å². The number of anilines is 1. The van der Waals surface area contributed by atoms with Gasteiger partial charge in [-0.15, -0.1) is 0 Å². The lowest BCUT2D eigenvalue weighted by Gasteiger charge is -2.31. The van der Waals surface area contributed by atoms with Gasteiger partial charge in [0.2, 0.25) is 15.9 Å². The lowest BCUT2D eigenvalue weighted by Crippen LogP contribution is -2.41. The van der Waals surface area contributed by atoms with Crippen LogP contribution in [0.4, 0.5) is 14.5 Å². The number of fused-ring (bicyclic) bond motifs is 1. The first kappa shape index (κ1) is 19.6. The van der Waals surface area contributed by atoms with Crippen LogP contribution in [0, 0.1) is 0 Å². The third-order valence-electron chi connectivity index (χ3n) is 3.91. The number of alkyl halides is 2. The normalized spacial score (nSPS) is 14.5. The van der Waals surface area contributed by atoms with Gasteiger partial charge in [0.15, 0.2) is 0 Å². The molecule has 0 fully saturated rings. The van der Waals surface area contributed by atoms with Gasteiger partial charge in [-0.1, -0.05) is 6.92 Å². The Morgan fingerprint density at radius 2 is 2.12 bits per heavy atom. The predicted octanol–water partition coefficient (Wildman–Crippen LogP) is 1.51. The van der Waals surface area contributed by atoms with E-state index in [0.717, 1.165) is 17.7 Å². The molecule has 6 nitrogen and oxygen atoms in total. The summed E-state index contributed by atoms with van der Waals surface area (Å²) < 4.78 is 51.3. The van der Waals surface area contributed by atoms with Gasteiger partial charge in [-0.2, -0.15) is 0 Å². The summed E-state index contributed by atoms with van der Waals surface area (Å²) in [6.07, 6.45) is -0.408. The van der Waals surface area contributed by atoms with Crippen molar-refractivity contribution in [2.45, 2.75) is 37.5 Å². The SMILES string of the molecule is CCCNS(=O)(=O)c1ccc2c(c1)CCCN2CC(=O)NCC(F)F. The number of rotatable bonds is 8. The molecule has 0 saturated heterocycles. The van der Waals surface area contributed by atoms with Gasteiger partial charge >= 0.3 is 0 Å². The average molecular weight is 375 g/mol. The molecule has 1 aromatic rings. The zero-order chi connectivity index (χ0) is 18.4. The Labute approximate surface area is 146 Å². The number of halogens is 2. The molecule has 0 bridgehead atoms. The van der Waals surface area contributed by atoms with E-state index in [4.69, 9.17) is 0 Å². The third-order valence-corrected chi connectivity index (χ3v) is 5.36. The minimum Gasteiger partial charge on any atom is -0.362 e. The Balaban J connectivity index is 2.13. The van der Waals surface area contributed by atoms with Crippen molar-refractivity contribution in [2.24, 2.45) is 0 Å². The van der Waals surface area contributed by atoms with E-state index in [1.165, 1.54) is 6.07 Å². The fraction of sp³-hybridized carbons (Fsp3) is 0.562. The van der Waals surface area contributed by atoms with Crippen LogP contribution in [0.1, 0.15) is 25.3 Å². The van der Waals surface area contributed by atoms with Gasteiger partial charge in [-0.25, -0.2) is 21.9 Å². The van der Waals surface area contributed by atoms with Crippen LogP contribution < -0.4 is 14.9 Å². The minimum absolute atomic E-state index is 0.0279. The average Bonchev–Trinajstić information content (AvgIpc) is 2.58. The van der Waals surface area contributed by atoms with Crippen molar-refractivity contribution >= 4 is 21.6 Å². The molecule has 0 unspecified atom stereocenters. The summed E-state index contributed by atoms with van der Waals surface area (Å²) in [4.78, 5) is 13.8. The van der Waals surface area contributed by atoms with Crippen LogP contribution in [0.5, 0.6) is 0 Å². The minimum atomic E-state index is -3.55. The van der Waals surface area contributed by atoms with E-state index in [1.807, 2.05) is 6.92 Å². The molecule has 1 amide bonds. The number of aryl methyl sites for hydroxylation is 1. The van der Waals surface area contributed by atoms with Crippen molar-refractivity contribution in [3.05, 3.63) is 23.8 Å². The van der Waals surface area contributed by atoms with Crippen molar-refractivity contribution in [1.29, 1.82) is 0 Å². The molecule has 2 rings (SSSR count). The number of benzene rings is 1. The number of nitrogens with zero attached hydrogens (tertiary/aromatic N) is 1. The largest absolute Gasteiger partial charge is 0.362 e. The van der Waals surface area contributed by atoms with Gasteiger partial charge in [-0.05, 0) is 43.0 Å². The fourth-order valence-electron chi connectivity index (χ4n) is 2.72. The molecule has 2 N–H and O–H groups in total. The Morgan fingerprint density at radius 3 is 2.80 bits per heavy atom. The van der Waals surface area contributed by atoms with Crippen molar-refractivity contribution in [3.63, 3.8) is 0 Å². The number of amides is 1. The summed E-state index contributed by atoms with van der Waals surface area (Å²) in [5.74, 6) is -0.477. The van der Waals surface area contributed by atoms with Gasteiger partial charge in [0.05, 0.1) is 18.0 Å². The molecule has 9 heteroatoms. The number of nitrogens with one attached hydrogen (secondary N) is 2. The number of carbonyl (C=O) groups excluding carboxylic acids is 1. The Bertz CT molecular complexity index is 711. The third kappa shape index (κ3) is 5.37. The van der Waals surface area contributed by atoms with Crippen molar-refractivity contribution in [2.75, 3.05) is 31.1 Å². The molecule has 25 heavy (non-hydrogen) atoms. The number of sulfonamides is 1. The maximum Gasteiger partial charge on any atom is 0.255 e. The van der Waals surface area contributed by atoms with Crippen LogP contribution in [-0.2, 0) is 21.2 Å². The van der Waals surface area contributed by atoms with E-state index in [-0.39, 0.29) is 11.4 Å². The molecule has 0 aliphatic carbocycles. The van der Waals surface area contributed by atoms with Gasteiger partial charge in [-0.3, -0.25) is 4.79 Å². The second-order valence-electron chi connectivity index (χ2n) is 5.91. The molecule has 1 aliphatic heterocycles. The smallest absolute Gasteiger partial charge is 0.255 e. The topological polar surface area (TPSA) is 78.5 Å². The highest BCUT2D eigenvalue weighted by Gasteiger charge is 2.22. The van der Waals surface area contributed by atoms with Gasteiger partial charge < -0.3 is 10.2 Å². The van der Waals surface area contributed by atoms with Crippen molar-refractivity contribution < 1.29 is 22.0 Å². The van der Waals surface area contributed by atoms with Gasteiger partial charge in [0, 0.05) is 18.8 Å². The first-order valence-electron chi connectivity index (χ1n) is 8.26. The molecule has 0 spiro atoms. The maximum atomic E-state index is 12.2. The highest BCUT2D eigenvalue weighted by Crippen LogP contribution is 2.29. The molecule has 0 aromatic heterocycles. The quantitative estimate of drug-likeness (QED) is 0.722. The van der Waals surface area contributed by atoms with Crippen LogP contribution in [0.2, 0.25) is 0 Å².